The normalized spacial score (nSPS) is 15.8. The smallest absolute Gasteiger partial charge is 0.320 e. The van der Waals surface area contributed by atoms with Crippen molar-refractivity contribution in [1.29, 1.82) is 0 Å². The minimum atomic E-state index is -3.98. The minimum absolute atomic E-state index is 0.0110. The summed E-state index contributed by atoms with van der Waals surface area (Å²) in [5.41, 5.74) is 5.55. The first-order valence-corrected chi connectivity index (χ1v) is 7.87. The molecule has 0 spiro atoms. The minimum Gasteiger partial charge on any atom is -0.467 e. The highest BCUT2D eigenvalue weighted by molar-refractivity contribution is 9.10. The van der Waals surface area contributed by atoms with E-state index in [1.165, 1.54) is 12.3 Å². The molecule has 9 heteroatoms. The molecule has 0 amide bonds. The molecule has 0 radical (unpaired) electrons. The summed E-state index contributed by atoms with van der Waals surface area (Å²) in [5.74, 6) is -4.32. The van der Waals surface area contributed by atoms with Gasteiger partial charge in [0.1, 0.15) is 16.4 Å². The molecular formula is C15H13BrClF2N3O2. The van der Waals surface area contributed by atoms with Gasteiger partial charge in [-0.05, 0) is 34.9 Å². The van der Waals surface area contributed by atoms with E-state index >= 15 is 0 Å². The lowest BCUT2D eigenvalue weighted by molar-refractivity contribution is -0.0451. The van der Waals surface area contributed by atoms with Crippen LogP contribution in [0.5, 0.6) is 0 Å². The van der Waals surface area contributed by atoms with Crippen LogP contribution in [0.15, 0.2) is 37.8 Å². The zero-order valence-corrected chi connectivity index (χ0v) is 14.3. The van der Waals surface area contributed by atoms with E-state index in [4.69, 9.17) is 30.3 Å². The Balaban J connectivity index is 2.06. The van der Waals surface area contributed by atoms with Crippen LogP contribution in [0.25, 0.3) is 11.1 Å². The summed E-state index contributed by atoms with van der Waals surface area (Å²) in [5, 5.41) is 2.99. The molecule has 0 bridgehead atoms. The predicted molar refractivity (Wildman–Crippen MR) is 90.3 cm³/mol. The van der Waals surface area contributed by atoms with Crippen LogP contribution >= 0.6 is 27.5 Å². The Kier molecular flexibility index (Phi) is 3.60. The van der Waals surface area contributed by atoms with Gasteiger partial charge in [0.15, 0.2) is 11.3 Å². The van der Waals surface area contributed by atoms with Gasteiger partial charge >= 0.3 is 5.92 Å². The Labute approximate surface area is 153 Å². The van der Waals surface area contributed by atoms with Crippen LogP contribution in [0.1, 0.15) is 22.5 Å². The average molecular weight is 424 g/mol. The number of nitrogens with two attached hydrogens (primary N) is 1. The molecule has 3 heterocycles. The molecule has 0 saturated heterocycles. The summed E-state index contributed by atoms with van der Waals surface area (Å²) < 4.78 is 61.2. The molecule has 0 saturated carbocycles. The van der Waals surface area contributed by atoms with E-state index in [0.29, 0.717) is 5.76 Å². The van der Waals surface area contributed by atoms with Gasteiger partial charge < -0.3 is 19.9 Å². The number of alkyl halides is 2. The molecule has 5 nitrogen and oxygen atoms in total. The fourth-order valence-electron chi connectivity index (χ4n) is 2.09. The van der Waals surface area contributed by atoms with Gasteiger partial charge in [0.05, 0.1) is 29.0 Å². The summed E-state index contributed by atoms with van der Waals surface area (Å²) in [6.45, 7) is -2.85. The third-order valence-corrected chi connectivity index (χ3v) is 4.21. The van der Waals surface area contributed by atoms with Crippen LogP contribution < -0.4 is 11.1 Å². The Bertz CT molecular complexity index is 964. The lowest BCUT2D eigenvalue weighted by Crippen LogP contribution is -2.35. The summed E-state index contributed by atoms with van der Waals surface area (Å²) in [6, 6.07) is 2.36. The molecule has 3 aromatic rings. The number of rotatable bonds is 5. The van der Waals surface area contributed by atoms with Crippen molar-refractivity contribution in [2.75, 3.05) is 5.32 Å². The van der Waals surface area contributed by atoms with E-state index in [9.17, 15) is 8.78 Å². The summed E-state index contributed by atoms with van der Waals surface area (Å²) in [4.78, 5) is 3.98. The number of furan rings is 2. The zero-order chi connectivity index (χ0) is 20.0. The highest BCUT2D eigenvalue weighted by atomic mass is 79.9. The number of nitrogens with one attached hydrogen (secondary N) is 1. The maximum atomic E-state index is 14.7. The summed E-state index contributed by atoms with van der Waals surface area (Å²) in [6.07, 6.45) is 1.49. The Morgan fingerprint density at radius 1 is 1.58 bits per heavy atom. The third kappa shape index (κ3) is 3.01. The number of aromatic nitrogens is 1. The van der Waals surface area contributed by atoms with Gasteiger partial charge in [-0.15, -0.1) is 0 Å². The van der Waals surface area contributed by atoms with Crippen molar-refractivity contribution in [2.24, 2.45) is 5.73 Å². The molecule has 0 unspecified atom stereocenters. The van der Waals surface area contributed by atoms with Crippen LogP contribution in [-0.2, 0) is 12.5 Å². The molecular weight excluding hydrogens is 408 g/mol. The topological polar surface area (TPSA) is 77.2 Å². The van der Waals surface area contributed by atoms with E-state index in [0.717, 1.165) is 0 Å². The van der Waals surface area contributed by atoms with E-state index in [-0.39, 0.29) is 33.0 Å². The summed E-state index contributed by atoms with van der Waals surface area (Å²) in [7, 11) is 0. The lowest BCUT2D eigenvalue weighted by atomic mass is 10.1. The fourth-order valence-corrected chi connectivity index (χ4v) is 2.90. The van der Waals surface area contributed by atoms with Crippen molar-refractivity contribution in [1.82, 2.24) is 4.98 Å². The van der Waals surface area contributed by atoms with E-state index < -0.39 is 24.6 Å². The maximum absolute atomic E-state index is 14.7. The first kappa shape index (κ1) is 13.6. The second-order valence-corrected chi connectivity index (χ2v) is 6.13. The molecule has 0 aromatic carbocycles. The van der Waals surface area contributed by atoms with Gasteiger partial charge in [-0.1, -0.05) is 11.6 Å². The molecule has 0 fully saturated rings. The SMILES string of the molecule is [2H]C([2H])([2H])[C@H](N)C(F)(F)c1oc2c(NCc3ccco3)cc(Cl)nc2c1Br. The van der Waals surface area contributed by atoms with Crippen molar-refractivity contribution in [3.8, 4) is 0 Å². The second kappa shape index (κ2) is 6.34. The molecule has 128 valence electrons. The van der Waals surface area contributed by atoms with Gasteiger partial charge in [0, 0.05) is 10.2 Å². The van der Waals surface area contributed by atoms with Crippen LogP contribution in [0.4, 0.5) is 14.5 Å². The van der Waals surface area contributed by atoms with Gasteiger partial charge in [-0.3, -0.25) is 0 Å². The average Bonchev–Trinajstić information content (AvgIpc) is 3.20. The predicted octanol–water partition coefficient (Wildman–Crippen LogP) is 4.89. The Morgan fingerprint density at radius 2 is 2.38 bits per heavy atom. The lowest BCUT2D eigenvalue weighted by Gasteiger charge is -2.17. The van der Waals surface area contributed by atoms with Gasteiger partial charge in [0.2, 0.25) is 0 Å². The molecule has 3 aromatic heterocycles. The van der Waals surface area contributed by atoms with Crippen LogP contribution in [0.2, 0.25) is 5.15 Å². The number of nitrogens with zero attached hydrogens (tertiary/aromatic N) is 1. The molecule has 24 heavy (non-hydrogen) atoms. The molecule has 3 rings (SSSR count). The number of hydrogen-bond acceptors (Lipinski definition) is 5. The number of pyridine rings is 1. The van der Waals surface area contributed by atoms with Crippen molar-refractivity contribution in [2.45, 2.75) is 25.4 Å². The van der Waals surface area contributed by atoms with Gasteiger partial charge in [-0.2, -0.15) is 8.78 Å². The third-order valence-electron chi connectivity index (χ3n) is 3.28. The molecule has 0 aliphatic carbocycles. The van der Waals surface area contributed by atoms with Crippen molar-refractivity contribution in [3.63, 3.8) is 0 Å². The van der Waals surface area contributed by atoms with Crippen molar-refractivity contribution >= 4 is 44.3 Å². The largest absolute Gasteiger partial charge is 0.467 e. The Morgan fingerprint density at radius 3 is 3.04 bits per heavy atom. The molecule has 3 N–H and O–H groups in total. The summed E-state index contributed by atoms with van der Waals surface area (Å²) >= 11 is 8.98. The molecule has 1 atom stereocenters. The number of fused-ring (bicyclic) bond motifs is 1. The second-order valence-electron chi connectivity index (χ2n) is 4.95. The van der Waals surface area contributed by atoms with Crippen LogP contribution in [-0.4, -0.2) is 11.0 Å². The van der Waals surface area contributed by atoms with Crippen LogP contribution in [0.3, 0.4) is 0 Å². The van der Waals surface area contributed by atoms with Gasteiger partial charge in [-0.25, -0.2) is 4.98 Å². The van der Waals surface area contributed by atoms with Crippen molar-refractivity contribution < 1.29 is 21.7 Å². The van der Waals surface area contributed by atoms with Gasteiger partial charge in [0.25, 0.3) is 0 Å². The highest BCUT2D eigenvalue weighted by Gasteiger charge is 2.43. The number of halogens is 4. The molecule has 0 aliphatic heterocycles. The first-order chi connectivity index (χ1) is 12.5. The standard InChI is InChI=1S/C15H13BrClF2N3O2/c1-7(20)15(18,19)14-11(16)12-13(24-14)9(5-10(17)22-12)21-6-8-3-2-4-23-8/h2-5,7H,6,20H2,1H3,(H,21,22)/t7-/m0/s1/i1D3. The number of hydrogen-bond donors (Lipinski definition) is 2. The molecule has 0 aliphatic rings. The Hall–Kier alpha value is -1.64. The van der Waals surface area contributed by atoms with Crippen LogP contribution in [0, 0.1) is 0 Å². The monoisotopic (exact) mass is 422 g/mol. The quantitative estimate of drug-likeness (QED) is 0.572. The van der Waals surface area contributed by atoms with Crippen molar-refractivity contribution in [3.05, 3.63) is 45.6 Å². The highest BCUT2D eigenvalue weighted by Crippen LogP contribution is 2.43. The zero-order valence-electron chi connectivity index (χ0n) is 14.9. The fraction of sp³-hybridized carbons (Fsp3) is 0.267. The van der Waals surface area contributed by atoms with E-state index in [1.807, 2.05) is 0 Å². The first-order valence-electron chi connectivity index (χ1n) is 8.20. The van der Waals surface area contributed by atoms with E-state index in [2.05, 4.69) is 26.2 Å². The number of anilines is 1. The van der Waals surface area contributed by atoms with E-state index in [1.54, 1.807) is 12.1 Å². The maximum Gasteiger partial charge on any atom is 0.320 e.